The second-order valence-electron chi connectivity index (χ2n) is 2.31. The molecular formula is C8H4BrClN2. The molecular weight excluding hydrogens is 239 g/mol. The minimum Gasteiger partial charge on any atom is -0.244 e. The number of fused-ring (bicyclic) bond motifs is 1. The van der Waals surface area contributed by atoms with Gasteiger partial charge in [0.25, 0.3) is 0 Å². The lowest BCUT2D eigenvalue weighted by molar-refractivity contribution is 1.22. The van der Waals surface area contributed by atoms with E-state index in [1.54, 1.807) is 6.20 Å². The largest absolute Gasteiger partial charge is 0.244 e. The van der Waals surface area contributed by atoms with Crippen molar-refractivity contribution < 1.29 is 0 Å². The average molecular weight is 243 g/mol. The van der Waals surface area contributed by atoms with E-state index in [4.69, 9.17) is 11.6 Å². The SMILES string of the molecule is Clc1ccc(Br)c2ncncc12. The van der Waals surface area contributed by atoms with E-state index in [0.717, 1.165) is 15.4 Å². The van der Waals surface area contributed by atoms with Crippen LogP contribution in [0.15, 0.2) is 29.1 Å². The number of aromatic nitrogens is 2. The maximum atomic E-state index is 5.93. The number of benzene rings is 1. The molecule has 2 rings (SSSR count). The lowest BCUT2D eigenvalue weighted by Gasteiger charge is -1.99. The van der Waals surface area contributed by atoms with Gasteiger partial charge in [0.2, 0.25) is 0 Å². The normalized spacial score (nSPS) is 10.5. The smallest absolute Gasteiger partial charge is 0.116 e. The molecule has 0 radical (unpaired) electrons. The molecule has 0 aliphatic carbocycles. The van der Waals surface area contributed by atoms with Gasteiger partial charge >= 0.3 is 0 Å². The summed E-state index contributed by atoms with van der Waals surface area (Å²) in [6.07, 6.45) is 3.21. The van der Waals surface area contributed by atoms with E-state index in [1.807, 2.05) is 12.1 Å². The number of hydrogen-bond donors (Lipinski definition) is 0. The van der Waals surface area contributed by atoms with Crippen LogP contribution in [0.2, 0.25) is 5.02 Å². The Morgan fingerprint density at radius 2 is 2.17 bits per heavy atom. The predicted molar refractivity (Wildman–Crippen MR) is 52.2 cm³/mol. The molecule has 0 saturated heterocycles. The Labute approximate surface area is 82.7 Å². The van der Waals surface area contributed by atoms with E-state index in [-0.39, 0.29) is 0 Å². The van der Waals surface area contributed by atoms with Crippen LogP contribution in [0.5, 0.6) is 0 Å². The summed E-state index contributed by atoms with van der Waals surface area (Å²) in [6.45, 7) is 0. The third kappa shape index (κ3) is 1.19. The number of hydrogen-bond acceptors (Lipinski definition) is 2. The van der Waals surface area contributed by atoms with Crippen LogP contribution in [0.3, 0.4) is 0 Å². The van der Waals surface area contributed by atoms with E-state index in [2.05, 4.69) is 25.9 Å². The fourth-order valence-corrected chi connectivity index (χ4v) is 1.66. The zero-order valence-electron chi connectivity index (χ0n) is 5.96. The molecule has 0 aliphatic heterocycles. The molecule has 1 heterocycles. The molecule has 1 aromatic heterocycles. The van der Waals surface area contributed by atoms with Crippen molar-refractivity contribution in [3.8, 4) is 0 Å². The van der Waals surface area contributed by atoms with Gasteiger partial charge in [-0.15, -0.1) is 0 Å². The highest BCUT2D eigenvalue weighted by atomic mass is 79.9. The highest BCUT2D eigenvalue weighted by molar-refractivity contribution is 9.10. The Bertz CT molecular complexity index is 390. The van der Waals surface area contributed by atoms with Crippen molar-refractivity contribution in [3.05, 3.63) is 34.2 Å². The summed E-state index contributed by atoms with van der Waals surface area (Å²) in [4.78, 5) is 8.00. The van der Waals surface area contributed by atoms with Crippen molar-refractivity contribution in [1.82, 2.24) is 9.97 Å². The van der Waals surface area contributed by atoms with Crippen molar-refractivity contribution in [2.45, 2.75) is 0 Å². The van der Waals surface area contributed by atoms with Crippen LogP contribution >= 0.6 is 27.5 Å². The molecule has 0 N–H and O–H groups in total. The molecule has 1 aromatic carbocycles. The van der Waals surface area contributed by atoms with Crippen LogP contribution in [-0.2, 0) is 0 Å². The molecule has 0 bridgehead atoms. The van der Waals surface area contributed by atoms with Gasteiger partial charge in [-0.05, 0) is 28.1 Å². The molecule has 4 heteroatoms. The fourth-order valence-electron chi connectivity index (χ4n) is 1.01. The van der Waals surface area contributed by atoms with Crippen molar-refractivity contribution in [2.24, 2.45) is 0 Å². The van der Waals surface area contributed by atoms with Gasteiger partial charge in [0.15, 0.2) is 0 Å². The molecule has 2 nitrogen and oxygen atoms in total. The standard InChI is InChI=1S/C8H4BrClN2/c9-6-1-2-7(10)5-3-11-4-12-8(5)6/h1-4H. The van der Waals surface area contributed by atoms with E-state index < -0.39 is 0 Å². The molecule has 0 atom stereocenters. The number of nitrogens with zero attached hydrogens (tertiary/aromatic N) is 2. The molecule has 60 valence electrons. The van der Waals surface area contributed by atoms with E-state index >= 15 is 0 Å². The summed E-state index contributed by atoms with van der Waals surface area (Å²) >= 11 is 9.31. The monoisotopic (exact) mass is 242 g/mol. The van der Waals surface area contributed by atoms with Gasteiger partial charge in [0, 0.05) is 16.1 Å². The van der Waals surface area contributed by atoms with Gasteiger partial charge < -0.3 is 0 Å². The molecule has 0 amide bonds. The molecule has 0 spiro atoms. The topological polar surface area (TPSA) is 25.8 Å². The molecule has 12 heavy (non-hydrogen) atoms. The number of halogens is 2. The molecule has 0 unspecified atom stereocenters. The predicted octanol–water partition coefficient (Wildman–Crippen LogP) is 3.05. The minimum absolute atomic E-state index is 0.675. The first kappa shape index (κ1) is 7.95. The van der Waals surface area contributed by atoms with Gasteiger partial charge in [-0.1, -0.05) is 11.6 Å². The quantitative estimate of drug-likeness (QED) is 0.711. The van der Waals surface area contributed by atoms with E-state index in [1.165, 1.54) is 6.33 Å². The second kappa shape index (κ2) is 2.99. The third-order valence-electron chi connectivity index (χ3n) is 1.57. The van der Waals surface area contributed by atoms with Crippen LogP contribution in [0, 0.1) is 0 Å². The van der Waals surface area contributed by atoms with E-state index in [0.29, 0.717) is 5.02 Å². The molecule has 0 saturated carbocycles. The van der Waals surface area contributed by atoms with Crippen molar-refractivity contribution in [1.29, 1.82) is 0 Å². The van der Waals surface area contributed by atoms with Gasteiger partial charge in [-0.3, -0.25) is 0 Å². The summed E-state index contributed by atoms with van der Waals surface area (Å²) < 4.78 is 0.935. The first-order valence-electron chi connectivity index (χ1n) is 3.33. The highest BCUT2D eigenvalue weighted by Gasteiger charge is 2.02. The van der Waals surface area contributed by atoms with Gasteiger partial charge in [-0.2, -0.15) is 0 Å². The minimum atomic E-state index is 0.675. The Hall–Kier alpha value is -0.670. The van der Waals surface area contributed by atoms with Gasteiger partial charge in [-0.25, -0.2) is 9.97 Å². The van der Waals surface area contributed by atoms with Crippen LogP contribution in [0.4, 0.5) is 0 Å². The van der Waals surface area contributed by atoms with Gasteiger partial charge in [0.05, 0.1) is 10.5 Å². The first-order chi connectivity index (χ1) is 5.79. The van der Waals surface area contributed by atoms with Crippen LogP contribution in [0.25, 0.3) is 10.9 Å². The first-order valence-corrected chi connectivity index (χ1v) is 4.50. The lowest BCUT2D eigenvalue weighted by atomic mass is 10.2. The summed E-state index contributed by atoms with van der Waals surface area (Å²) in [7, 11) is 0. The second-order valence-corrected chi connectivity index (χ2v) is 3.58. The van der Waals surface area contributed by atoms with Crippen molar-refractivity contribution >= 4 is 38.4 Å². The summed E-state index contributed by atoms with van der Waals surface area (Å²) in [6, 6.07) is 3.69. The molecule has 0 aliphatic rings. The maximum Gasteiger partial charge on any atom is 0.116 e. The summed E-state index contributed by atoms with van der Waals surface area (Å²) in [5.74, 6) is 0. The lowest BCUT2D eigenvalue weighted by Crippen LogP contribution is -1.82. The molecule has 0 fully saturated rings. The summed E-state index contributed by atoms with van der Waals surface area (Å²) in [5.41, 5.74) is 0.845. The Balaban J connectivity index is 2.95. The Morgan fingerprint density at radius 1 is 1.33 bits per heavy atom. The van der Waals surface area contributed by atoms with Crippen LogP contribution in [0.1, 0.15) is 0 Å². The number of rotatable bonds is 0. The Morgan fingerprint density at radius 3 is 2.92 bits per heavy atom. The van der Waals surface area contributed by atoms with Crippen molar-refractivity contribution in [3.63, 3.8) is 0 Å². The van der Waals surface area contributed by atoms with Gasteiger partial charge in [0.1, 0.15) is 6.33 Å². The highest BCUT2D eigenvalue weighted by Crippen LogP contribution is 2.26. The zero-order valence-corrected chi connectivity index (χ0v) is 8.30. The van der Waals surface area contributed by atoms with E-state index in [9.17, 15) is 0 Å². The van der Waals surface area contributed by atoms with Crippen molar-refractivity contribution in [2.75, 3.05) is 0 Å². The maximum absolute atomic E-state index is 5.93. The van der Waals surface area contributed by atoms with Crippen LogP contribution in [-0.4, -0.2) is 9.97 Å². The Kier molecular flexibility index (Phi) is 1.98. The third-order valence-corrected chi connectivity index (χ3v) is 2.54. The zero-order chi connectivity index (χ0) is 8.55. The molecule has 2 aromatic rings. The average Bonchev–Trinajstić information content (AvgIpc) is 2.12. The van der Waals surface area contributed by atoms with Crippen LogP contribution < -0.4 is 0 Å². The summed E-state index contributed by atoms with van der Waals surface area (Å²) in [5, 5.41) is 1.54. The fraction of sp³-hybridized carbons (Fsp3) is 0.